The molecule has 1 aliphatic heterocycles. The van der Waals surface area contributed by atoms with Crippen molar-refractivity contribution >= 4 is 22.9 Å². The fraction of sp³-hybridized carbons (Fsp3) is 0.333. The standard InChI is InChI=1S/C15H18N8/c16-15-21-13(20-10-4-7-17-8-5-10)12-14(22-15)23(9-19-12)11-3-1-2-6-18-11/h1-3,6,9-10,17H,4-5,7-8H2,(H3,16,20,21,22). The highest BCUT2D eigenvalue weighted by atomic mass is 15.2. The molecular formula is C15H18N8. The normalized spacial score (nSPS) is 15.8. The van der Waals surface area contributed by atoms with Crippen LogP contribution in [0.1, 0.15) is 12.8 Å². The largest absolute Gasteiger partial charge is 0.368 e. The molecule has 3 aromatic rings. The van der Waals surface area contributed by atoms with E-state index in [-0.39, 0.29) is 5.95 Å². The van der Waals surface area contributed by atoms with Crippen LogP contribution in [0.4, 0.5) is 11.8 Å². The van der Waals surface area contributed by atoms with Gasteiger partial charge in [-0.3, -0.25) is 4.57 Å². The molecular weight excluding hydrogens is 292 g/mol. The van der Waals surface area contributed by atoms with Gasteiger partial charge in [0, 0.05) is 12.2 Å². The minimum Gasteiger partial charge on any atom is -0.368 e. The van der Waals surface area contributed by atoms with Gasteiger partial charge in [0.25, 0.3) is 0 Å². The summed E-state index contributed by atoms with van der Waals surface area (Å²) in [6.07, 6.45) is 5.54. The predicted octanol–water partition coefficient (Wildman–Crippen LogP) is 0.957. The van der Waals surface area contributed by atoms with Crippen molar-refractivity contribution in [2.75, 3.05) is 24.1 Å². The van der Waals surface area contributed by atoms with E-state index in [2.05, 4.69) is 30.6 Å². The smallest absolute Gasteiger partial charge is 0.224 e. The molecule has 0 spiro atoms. The van der Waals surface area contributed by atoms with Gasteiger partial charge in [0.05, 0.1) is 0 Å². The topological polar surface area (TPSA) is 107 Å². The van der Waals surface area contributed by atoms with Crippen LogP contribution in [0.5, 0.6) is 0 Å². The fourth-order valence-corrected chi connectivity index (χ4v) is 2.84. The number of hydrogen-bond acceptors (Lipinski definition) is 7. The van der Waals surface area contributed by atoms with Gasteiger partial charge >= 0.3 is 0 Å². The quantitative estimate of drug-likeness (QED) is 0.661. The molecule has 1 aliphatic rings. The summed E-state index contributed by atoms with van der Waals surface area (Å²) in [6, 6.07) is 6.07. The number of nitrogens with two attached hydrogens (primary N) is 1. The fourth-order valence-electron chi connectivity index (χ4n) is 2.84. The molecule has 4 heterocycles. The van der Waals surface area contributed by atoms with Crippen LogP contribution in [0, 0.1) is 0 Å². The zero-order chi connectivity index (χ0) is 15.6. The molecule has 3 aromatic heterocycles. The monoisotopic (exact) mass is 310 g/mol. The molecule has 0 bridgehead atoms. The van der Waals surface area contributed by atoms with Crippen LogP contribution in [0.3, 0.4) is 0 Å². The molecule has 0 saturated carbocycles. The summed E-state index contributed by atoms with van der Waals surface area (Å²) >= 11 is 0. The minimum absolute atomic E-state index is 0.228. The highest BCUT2D eigenvalue weighted by Crippen LogP contribution is 2.23. The van der Waals surface area contributed by atoms with E-state index in [1.165, 1.54) is 0 Å². The third-order valence-corrected chi connectivity index (χ3v) is 3.99. The second-order valence-corrected chi connectivity index (χ2v) is 5.57. The van der Waals surface area contributed by atoms with E-state index in [0.717, 1.165) is 31.7 Å². The highest BCUT2D eigenvalue weighted by Gasteiger charge is 2.18. The first-order valence-corrected chi connectivity index (χ1v) is 7.70. The Bertz CT molecular complexity index is 807. The van der Waals surface area contributed by atoms with Gasteiger partial charge in [-0.05, 0) is 38.1 Å². The number of piperidine rings is 1. The van der Waals surface area contributed by atoms with Gasteiger partial charge in [-0.1, -0.05) is 6.07 Å². The number of aromatic nitrogens is 5. The Hall–Kier alpha value is -2.74. The van der Waals surface area contributed by atoms with Gasteiger partial charge in [0.1, 0.15) is 12.1 Å². The van der Waals surface area contributed by atoms with Gasteiger partial charge in [-0.2, -0.15) is 9.97 Å². The molecule has 4 N–H and O–H groups in total. The number of rotatable bonds is 3. The van der Waals surface area contributed by atoms with Crippen molar-refractivity contribution in [1.82, 2.24) is 29.8 Å². The second-order valence-electron chi connectivity index (χ2n) is 5.57. The lowest BCUT2D eigenvalue weighted by molar-refractivity contribution is 0.478. The van der Waals surface area contributed by atoms with Gasteiger partial charge < -0.3 is 16.4 Å². The van der Waals surface area contributed by atoms with Gasteiger partial charge in [-0.25, -0.2) is 9.97 Å². The van der Waals surface area contributed by atoms with Crippen LogP contribution >= 0.6 is 0 Å². The van der Waals surface area contributed by atoms with Gasteiger partial charge in [0.2, 0.25) is 5.95 Å². The summed E-state index contributed by atoms with van der Waals surface area (Å²) in [5, 5.41) is 6.81. The van der Waals surface area contributed by atoms with Crippen molar-refractivity contribution in [2.45, 2.75) is 18.9 Å². The number of nitrogen functional groups attached to an aromatic ring is 1. The van der Waals surface area contributed by atoms with Crippen molar-refractivity contribution < 1.29 is 0 Å². The number of nitrogens with one attached hydrogen (secondary N) is 2. The molecule has 0 aliphatic carbocycles. The van der Waals surface area contributed by atoms with E-state index >= 15 is 0 Å². The Labute approximate surface area is 133 Å². The first kappa shape index (κ1) is 13.9. The van der Waals surface area contributed by atoms with Crippen LogP contribution in [0.25, 0.3) is 17.0 Å². The Morgan fingerprint density at radius 1 is 1.17 bits per heavy atom. The molecule has 1 fully saturated rings. The lowest BCUT2D eigenvalue weighted by Gasteiger charge is -2.24. The van der Waals surface area contributed by atoms with Crippen molar-refractivity contribution in [3.63, 3.8) is 0 Å². The van der Waals surface area contributed by atoms with Crippen molar-refractivity contribution in [3.05, 3.63) is 30.7 Å². The third-order valence-electron chi connectivity index (χ3n) is 3.99. The molecule has 4 rings (SSSR count). The summed E-state index contributed by atoms with van der Waals surface area (Å²) in [7, 11) is 0. The number of hydrogen-bond donors (Lipinski definition) is 3. The van der Waals surface area contributed by atoms with Crippen LogP contribution in [-0.2, 0) is 0 Å². The lowest BCUT2D eigenvalue weighted by atomic mass is 10.1. The molecule has 0 atom stereocenters. The van der Waals surface area contributed by atoms with E-state index in [1.54, 1.807) is 12.5 Å². The summed E-state index contributed by atoms with van der Waals surface area (Å²) in [4.78, 5) is 17.5. The zero-order valence-electron chi connectivity index (χ0n) is 12.6. The van der Waals surface area contributed by atoms with E-state index < -0.39 is 0 Å². The Morgan fingerprint density at radius 2 is 2.04 bits per heavy atom. The summed E-state index contributed by atoms with van der Waals surface area (Å²) in [5.74, 6) is 1.67. The molecule has 118 valence electrons. The molecule has 8 nitrogen and oxygen atoms in total. The second kappa shape index (κ2) is 5.81. The van der Waals surface area contributed by atoms with E-state index in [0.29, 0.717) is 23.0 Å². The van der Waals surface area contributed by atoms with E-state index in [1.807, 2.05) is 22.8 Å². The maximum Gasteiger partial charge on any atom is 0.224 e. The van der Waals surface area contributed by atoms with Crippen molar-refractivity contribution in [1.29, 1.82) is 0 Å². The molecule has 0 aromatic carbocycles. The van der Waals surface area contributed by atoms with Crippen LogP contribution in [-0.4, -0.2) is 43.6 Å². The average Bonchev–Trinajstić information content (AvgIpc) is 3.00. The van der Waals surface area contributed by atoms with Crippen molar-refractivity contribution in [3.8, 4) is 5.82 Å². The minimum atomic E-state index is 0.228. The van der Waals surface area contributed by atoms with E-state index in [4.69, 9.17) is 5.73 Å². The van der Waals surface area contributed by atoms with E-state index in [9.17, 15) is 0 Å². The zero-order valence-corrected chi connectivity index (χ0v) is 12.6. The predicted molar refractivity (Wildman–Crippen MR) is 88.4 cm³/mol. The van der Waals surface area contributed by atoms with Gasteiger partial charge in [-0.15, -0.1) is 0 Å². The third kappa shape index (κ3) is 2.68. The molecule has 0 unspecified atom stereocenters. The summed E-state index contributed by atoms with van der Waals surface area (Å²) in [5.41, 5.74) is 7.27. The molecule has 0 amide bonds. The number of fused-ring (bicyclic) bond motifs is 1. The lowest BCUT2D eigenvalue weighted by Crippen LogP contribution is -2.35. The Morgan fingerprint density at radius 3 is 2.83 bits per heavy atom. The van der Waals surface area contributed by atoms with Gasteiger partial charge in [0.15, 0.2) is 17.0 Å². The first-order valence-electron chi connectivity index (χ1n) is 7.70. The Kier molecular flexibility index (Phi) is 3.51. The average molecular weight is 310 g/mol. The van der Waals surface area contributed by atoms with Crippen LogP contribution in [0.2, 0.25) is 0 Å². The summed E-state index contributed by atoms with van der Waals surface area (Å²) in [6.45, 7) is 2.01. The number of imidazole rings is 1. The number of nitrogens with zero attached hydrogens (tertiary/aromatic N) is 5. The van der Waals surface area contributed by atoms with Crippen molar-refractivity contribution in [2.24, 2.45) is 0 Å². The SMILES string of the molecule is Nc1nc(NC2CCNCC2)c2ncn(-c3ccccn3)c2n1. The van der Waals surface area contributed by atoms with Crippen LogP contribution < -0.4 is 16.4 Å². The Balaban J connectivity index is 1.75. The molecule has 8 heteroatoms. The maximum absolute atomic E-state index is 5.90. The maximum atomic E-state index is 5.90. The molecule has 0 radical (unpaired) electrons. The molecule has 1 saturated heterocycles. The van der Waals surface area contributed by atoms with Crippen LogP contribution in [0.15, 0.2) is 30.7 Å². The highest BCUT2D eigenvalue weighted by molar-refractivity contribution is 5.85. The summed E-state index contributed by atoms with van der Waals surface area (Å²) < 4.78 is 1.82. The number of pyridine rings is 1. The molecule has 23 heavy (non-hydrogen) atoms. The number of anilines is 2. The first-order chi connectivity index (χ1) is 11.3.